The van der Waals surface area contributed by atoms with Crippen LogP contribution in [0.25, 0.3) is 0 Å². The van der Waals surface area contributed by atoms with E-state index in [4.69, 9.17) is 15.3 Å². The third-order valence-corrected chi connectivity index (χ3v) is 3.94. The SMILES string of the molecule is CCOC(=O)C1CCN(c2cccc(F)c2NN=C(C#N)C#N)CC1. The third kappa shape index (κ3) is 4.45. The van der Waals surface area contributed by atoms with E-state index in [1.54, 1.807) is 31.2 Å². The molecule has 1 aromatic rings. The Balaban J connectivity index is 2.15. The molecular formula is C17H18FN5O2. The zero-order valence-electron chi connectivity index (χ0n) is 13.8. The van der Waals surface area contributed by atoms with Gasteiger partial charge in [0.2, 0.25) is 5.71 Å². The summed E-state index contributed by atoms with van der Waals surface area (Å²) in [5.74, 6) is -0.885. The molecule has 1 saturated heterocycles. The lowest BCUT2D eigenvalue weighted by atomic mass is 9.96. The summed E-state index contributed by atoms with van der Waals surface area (Å²) in [6.45, 7) is 3.26. The van der Waals surface area contributed by atoms with Gasteiger partial charge in [0, 0.05) is 13.1 Å². The maximum absolute atomic E-state index is 14.2. The largest absolute Gasteiger partial charge is 0.466 e. The van der Waals surface area contributed by atoms with Crippen LogP contribution < -0.4 is 10.3 Å². The van der Waals surface area contributed by atoms with E-state index in [2.05, 4.69) is 10.5 Å². The number of nitrogens with one attached hydrogen (secondary N) is 1. The summed E-state index contributed by atoms with van der Waals surface area (Å²) in [5.41, 5.74) is 2.74. The minimum atomic E-state index is -0.538. The van der Waals surface area contributed by atoms with Crippen molar-refractivity contribution in [3.05, 3.63) is 24.0 Å². The Kier molecular flexibility index (Phi) is 6.30. The van der Waals surface area contributed by atoms with Gasteiger partial charge in [-0.05, 0) is 31.9 Å². The molecule has 130 valence electrons. The molecule has 0 bridgehead atoms. The fourth-order valence-corrected chi connectivity index (χ4v) is 2.69. The van der Waals surface area contributed by atoms with Gasteiger partial charge >= 0.3 is 5.97 Å². The van der Waals surface area contributed by atoms with Crippen LogP contribution in [-0.4, -0.2) is 31.4 Å². The van der Waals surface area contributed by atoms with Crippen molar-refractivity contribution < 1.29 is 13.9 Å². The average molecular weight is 343 g/mol. The van der Waals surface area contributed by atoms with Crippen LogP contribution in [0.5, 0.6) is 0 Å². The summed E-state index contributed by atoms with van der Waals surface area (Å²) in [7, 11) is 0. The molecule has 0 atom stereocenters. The molecule has 1 aromatic carbocycles. The topological polar surface area (TPSA) is 102 Å². The van der Waals surface area contributed by atoms with E-state index in [-0.39, 0.29) is 17.6 Å². The standard InChI is InChI=1S/C17H18FN5O2/c1-2-25-17(24)12-6-8-23(9-7-12)15-5-3-4-14(18)16(15)22-21-13(10-19)11-20/h3-5,12,22H,2,6-9H2,1H3. The lowest BCUT2D eigenvalue weighted by Gasteiger charge is -2.33. The van der Waals surface area contributed by atoms with Crippen molar-refractivity contribution in [3.63, 3.8) is 0 Å². The maximum Gasteiger partial charge on any atom is 0.309 e. The number of benzene rings is 1. The number of hydrogen-bond donors (Lipinski definition) is 1. The van der Waals surface area contributed by atoms with Crippen molar-refractivity contribution in [2.24, 2.45) is 11.0 Å². The maximum atomic E-state index is 14.2. The van der Waals surface area contributed by atoms with E-state index < -0.39 is 11.5 Å². The van der Waals surface area contributed by atoms with E-state index >= 15 is 0 Å². The summed E-state index contributed by atoms with van der Waals surface area (Å²) >= 11 is 0. The number of nitriles is 2. The lowest BCUT2D eigenvalue weighted by molar-refractivity contribution is -0.148. The van der Waals surface area contributed by atoms with E-state index in [9.17, 15) is 9.18 Å². The first-order valence-corrected chi connectivity index (χ1v) is 7.94. The number of carbonyl (C=O) groups excluding carboxylic acids is 1. The van der Waals surface area contributed by atoms with Crippen molar-refractivity contribution in [3.8, 4) is 12.1 Å². The number of anilines is 2. The summed E-state index contributed by atoms with van der Waals surface area (Å²) < 4.78 is 19.2. The molecule has 0 amide bonds. The van der Waals surface area contributed by atoms with Crippen LogP contribution in [0.1, 0.15) is 19.8 Å². The summed E-state index contributed by atoms with van der Waals surface area (Å²) in [6, 6.07) is 7.79. The van der Waals surface area contributed by atoms with Crippen LogP contribution in [0, 0.1) is 34.4 Å². The van der Waals surface area contributed by atoms with Gasteiger partial charge in [0.25, 0.3) is 0 Å². The van der Waals surface area contributed by atoms with Gasteiger partial charge in [-0.15, -0.1) is 0 Å². The quantitative estimate of drug-likeness (QED) is 0.500. The van der Waals surface area contributed by atoms with Gasteiger partial charge in [-0.3, -0.25) is 10.2 Å². The highest BCUT2D eigenvalue weighted by Crippen LogP contribution is 2.32. The number of hydrogen-bond acceptors (Lipinski definition) is 7. The highest BCUT2D eigenvalue weighted by Gasteiger charge is 2.27. The summed E-state index contributed by atoms with van der Waals surface area (Å²) in [5, 5.41) is 21.1. The predicted octanol–water partition coefficient (Wildman–Crippen LogP) is 2.42. The molecule has 7 nitrogen and oxygen atoms in total. The van der Waals surface area contributed by atoms with Crippen LogP contribution >= 0.6 is 0 Å². The zero-order chi connectivity index (χ0) is 18.2. The smallest absolute Gasteiger partial charge is 0.309 e. The number of nitrogens with zero attached hydrogens (tertiary/aromatic N) is 4. The van der Waals surface area contributed by atoms with Gasteiger partial charge < -0.3 is 9.64 Å². The van der Waals surface area contributed by atoms with Crippen molar-refractivity contribution in [1.29, 1.82) is 10.5 Å². The highest BCUT2D eigenvalue weighted by atomic mass is 19.1. The number of hydrazone groups is 1. The van der Waals surface area contributed by atoms with Gasteiger partial charge in [-0.1, -0.05) is 6.07 Å². The Morgan fingerprint density at radius 3 is 2.68 bits per heavy atom. The molecule has 1 aliphatic heterocycles. The van der Waals surface area contributed by atoms with Crippen LogP contribution in [0.2, 0.25) is 0 Å². The summed E-state index contributed by atoms with van der Waals surface area (Å²) in [6.07, 6.45) is 1.22. The zero-order valence-corrected chi connectivity index (χ0v) is 13.8. The Bertz CT molecular complexity index is 726. The first kappa shape index (κ1) is 18.2. The second-order valence-corrected chi connectivity index (χ2v) is 5.44. The predicted molar refractivity (Wildman–Crippen MR) is 90.3 cm³/mol. The van der Waals surface area contributed by atoms with E-state index in [1.807, 2.05) is 4.90 Å². The molecular weight excluding hydrogens is 325 g/mol. The average Bonchev–Trinajstić information content (AvgIpc) is 2.64. The molecule has 0 aliphatic carbocycles. The first-order valence-electron chi connectivity index (χ1n) is 7.94. The summed E-state index contributed by atoms with van der Waals surface area (Å²) in [4.78, 5) is 13.8. The van der Waals surface area contributed by atoms with Crippen molar-refractivity contribution >= 4 is 23.1 Å². The number of esters is 1. The monoisotopic (exact) mass is 343 g/mol. The van der Waals surface area contributed by atoms with Gasteiger partial charge in [-0.2, -0.15) is 15.6 Å². The fourth-order valence-electron chi connectivity index (χ4n) is 2.69. The van der Waals surface area contributed by atoms with Crippen LogP contribution in [0.15, 0.2) is 23.3 Å². The van der Waals surface area contributed by atoms with E-state index in [0.717, 1.165) is 0 Å². The molecule has 1 aliphatic rings. The third-order valence-electron chi connectivity index (χ3n) is 3.94. The number of piperidine rings is 1. The Morgan fingerprint density at radius 2 is 2.08 bits per heavy atom. The van der Waals surface area contributed by atoms with E-state index in [0.29, 0.717) is 38.2 Å². The van der Waals surface area contributed by atoms with Crippen molar-refractivity contribution in [2.75, 3.05) is 30.0 Å². The van der Waals surface area contributed by atoms with Crippen molar-refractivity contribution in [2.45, 2.75) is 19.8 Å². The number of halogens is 1. The molecule has 0 aromatic heterocycles. The highest BCUT2D eigenvalue weighted by molar-refractivity contribution is 6.10. The van der Waals surface area contributed by atoms with Crippen LogP contribution in [-0.2, 0) is 9.53 Å². The molecule has 1 fully saturated rings. The molecule has 1 N–H and O–H groups in total. The Hall–Kier alpha value is -3.13. The number of ether oxygens (including phenoxy) is 1. The molecule has 8 heteroatoms. The lowest BCUT2D eigenvalue weighted by Crippen LogP contribution is -2.37. The van der Waals surface area contributed by atoms with Crippen LogP contribution in [0.3, 0.4) is 0 Å². The normalized spacial score (nSPS) is 14.2. The molecule has 0 radical (unpaired) electrons. The number of para-hydroxylation sites is 1. The Morgan fingerprint density at radius 1 is 1.40 bits per heavy atom. The second-order valence-electron chi connectivity index (χ2n) is 5.44. The van der Waals surface area contributed by atoms with Crippen molar-refractivity contribution in [1.82, 2.24) is 0 Å². The molecule has 1 heterocycles. The minimum Gasteiger partial charge on any atom is -0.466 e. The molecule has 0 spiro atoms. The molecule has 0 saturated carbocycles. The number of rotatable bonds is 5. The minimum absolute atomic E-state index is 0.0973. The van der Waals surface area contributed by atoms with Gasteiger partial charge in [0.05, 0.1) is 18.2 Å². The first-order chi connectivity index (χ1) is 12.1. The molecule has 2 rings (SSSR count). The molecule has 25 heavy (non-hydrogen) atoms. The fraction of sp³-hybridized carbons (Fsp3) is 0.412. The van der Waals surface area contributed by atoms with E-state index in [1.165, 1.54) is 6.07 Å². The van der Waals surface area contributed by atoms with Crippen LogP contribution in [0.4, 0.5) is 15.8 Å². The van der Waals surface area contributed by atoms with Gasteiger partial charge in [-0.25, -0.2) is 4.39 Å². The molecule has 0 unspecified atom stereocenters. The van der Waals surface area contributed by atoms with Gasteiger partial charge in [0.1, 0.15) is 23.6 Å². The second kappa shape index (κ2) is 8.65. The Labute approximate surface area is 145 Å². The van der Waals surface area contributed by atoms with Gasteiger partial charge in [0.15, 0.2) is 0 Å². The number of carbonyl (C=O) groups is 1.